The second kappa shape index (κ2) is 8.86. The number of amides is 1. The maximum atomic E-state index is 13.7. The van der Waals surface area contributed by atoms with Crippen molar-refractivity contribution in [2.24, 2.45) is 0 Å². The molecule has 2 aromatic carbocycles. The molecule has 0 aliphatic rings. The molecule has 1 aromatic heterocycles. The van der Waals surface area contributed by atoms with E-state index in [2.05, 4.69) is 10.5 Å². The van der Waals surface area contributed by atoms with Crippen molar-refractivity contribution in [2.75, 3.05) is 6.54 Å². The first-order chi connectivity index (χ1) is 13.1. The van der Waals surface area contributed by atoms with Crippen LogP contribution in [0.2, 0.25) is 0 Å². The van der Waals surface area contributed by atoms with Gasteiger partial charge >= 0.3 is 0 Å². The molecule has 0 aliphatic carbocycles. The number of benzene rings is 2. The molecular formula is C21H21FN2O2S. The van der Waals surface area contributed by atoms with Crippen molar-refractivity contribution in [3.05, 3.63) is 82.5 Å². The number of carbonyl (C=O) groups is 1. The highest BCUT2D eigenvalue weighted by Crippen LogP contribution is 2.28. The molecule has 0 aliphatic heterocycles. The Morgan fingerprint density at radius 3 is 2.63 bits per heavy atom. The maximum absolute atomic E-state index is 13.7. The molecule has 0 saturated heterocycles. The minimum absolute atomic E-state index is 0.159. The van der Waals surface area contributed by atoms with Gasteiger partial charge in [0.05, 0.1) is 11.3 Å². The third-order valence-corrected chi connectivity index (χ3v) is 5.42. The van der Waals surface area contributed by atoms with Crippen LogP contribution in [0.5, 0.6) is 0 Å². The normalized spacial score (nSPS) is 10.8. The summed E-state index contributed by atoms with van der Waals surface area (Å²) in [7, 11) is 0. The lowest BCUT2D eigenvalue weighted by Crippen LogP contribution is -2.26. The quantitative estimate of drug-likeness (QED) is 0.600. The molecule has 0 atom stereocenters. The smallest absolute Gasteiger partial charge is 0.252 e. The van der Waals surface area contributed by atoms with Crippen molar-refractivity contribution in [3.63, 3.8) is 0 Å². The van der Waals surface area contributed by atoms with E-state index < -0.39 is 0 Å². The van der Waals surface area contributed by atoms with Gasteiger partial charge in [-0.05, 0) is 44.0 Å². The van der Waals surface area contributed by atoms with Crippen LogP contribution in [0.3, 0.4) is 0 Å². The Labute approximate surface area is 162 Å². The zero-order valence-electron chi connectivity index (χ0n) is 15.3. The fourth-order valence-corrected chi connectivity index (χ4v) is 3.95. The number of aromatic nitrogens is 1. The summed E-state index contributed by atoms with van der Waals surface area (Å²) >= 11 is 1.57. The molecule has 3 rings (SSSR count). The molecule has 3 aromatic rings. The van der Waals surface area contributed by atoms with Crippen molar-refractivity contribution in [2.45, 2.75) is 30.9 Å². The van der Waals surface area contributed by atoms with Gasteiger partial charge in [-0.15, -0.1) is 11.8 Å². The predicted molar refractivity (Wildman–Crippen MR) is 104 cm³/mol. The Morgan fingerprint density at radius 2 is 1.89 bits per heavy atom. The monoisotopic (exact) mass is 384 g/mol. The third-order valence-electron chi connectivity index (χ3n) is 4.32. The van der Waals surface area contributed by atoms with Crippen LogP contribution in [0.15, 0.2) is 57.9 Å². The van der Waals surface area contributed by atoms with E-state index in [1.165, 1.54) is 6.07 Å². The molecule has 1 N–H and O–H groups in total. The summed E-state index contributed by atoms with van der Waals surface area (Å²) in [6.07, 6.45) is 0.451. The molecule has 0 saturated carbocycles. The van der Waals surface area contributed by atoms with Gasteiger partial charge in [-0.25, -0.2) is 4.39 Å². The van der Waals surface area contributed by atoms with Crippen LogP contribution >= 0.6 is 11.8 Å². The lowest BCUT2D eigenvalue weighted by atomic mass is 10.1. The highest BCUT2D eigenvalue weighted by Gasteiger charge is 2.14. The van der Waals surface area contributed by atoms with Gasteiger partial charge in [0.2, 0.25) is 0 Å². The highest BCUT2D eigenvalue weighted by atomic mass is 32.2. The van der Waals surface area contributed by atoms with E-state index in [1.54, 1.807) is 36.0 Å². The van der Waals surface area contributed by atoms with E-state index >= 15 is 0 Å². The molecule has 0 unspecified atom stereocenters. The van der Waals surface area contributed by atoms with Gasteiger partial charge in [-0.2, -0.15) is 0 Å². The standard InChI is InChI=1S/C21H21FN2O2S/c1-14-18(15(2)26-24-14)13-27-20-10-6-4-8-17(20)21(25)23-12-11-16-7-3-5-9-19(16)22/h3-10H,11-13H2,1-2H3,(H,23,25). The number of aryl methyl sites for hydroxylation is 2. The van der Waals surface area contributed by atoms with Crippen molar-refractivity contribution < 1.29 is 13.7 Å². The van der Waals surface area contributed by atoms with Gasteiger partial charge < -0.3 is 9.84 Å². The molecule has 0 spiro atoms. The number of nitrogens with one attached hydrogen (secondary N) is 1. The summed E-state index contributed by atoms with van der Waals surface area (Å²) in [5.74, 6) is 1.07. The molecule has 0 fully saturated rings. The van der Waals surface area contributed by atoms with Crippen LogP contribution in [-0.4, -0.2) is 17.6 Å². The summed E-state index contributed by atoms with van der Waals surface area (Å²) < 4.78 is 18.9. The first-order valence-electron chi connectivity index (χ1n) is 8.71. The van der Waals surface area contributed by atoms with E-state index in [0.717, 1.165) is 21.9 Å². The molecular weight excluding hydrogens is 363 g/mol. The van der Waals surface area contributed by atoms with E-state index in [1.807, 2.05) is 32.0 Å². The number of nitrogens with zero attached hydrogens (tertiary/aromatic N) is 1. The fraction of sp³-hybridized carbons (Fsp3) is 0.238. The Hall–Kier alpha value is -2.60. The predicted octanol–water partition coefficient (Wildman–Crippen LogP) is 4.70. The lowest BCUT2D eigenvalue weighted by molar-refractivity contribution is 0.0951. The molecule has 6 heteroatoms. The maximum Gasteiger partial charge on any atom is 0.252 e. The van der Waals surface area contributed by atoms with E-state index in [4.69, 9.17) is 4.52 Å². The second-order valence-corrected chi connectivity index (χ2v) is 7.20. The largest absolute Gasteiger partial charge is 0.361 e. The minimum Gasteiger partial charge on any atom is -0.361 e. The molecule has 27 heavy (non-hydrogen) atoms. The van der Waals surface area contributed by atoms with Gasteiger partial charge in [0, 0.05) is 22.8 Å². The summed E-state index contributed by atoms with van der Waals surface area (Å²) in [4.78, 5) is 13.5. The summed E-state index contributed by atoms with van der Waals surface area (Å²) in [5, 5.41) is 6.85. The van der Waals surface area contributed by atoms with Crippen LogP contribution in [0.4, 0.5) is 4.39 Å². The fourth-order valence-electron chi connectivity index (χ4n) is 2.75. The number of hydrogen-bond donors (Lipinski definition) is 1. The Kier molecular flexibility index (Phi) is 6.29. The van der Waals surface area contributed by atoms with Gasteiger partial charge in [-0.1, -0.05) is 35.5 Å². The van der Waals surface area contributed by atoms with Crippen molar-refractivity contribution in [3.8, 4) is 0 Å². The first kappa shape index (κ1) is 19.2. The topological polar surface area (TPSA) is 55.1 Å². The number of carbonyl (C=O) groups excluding carboxylic acids is 1. The Balaban J connectivity index is 1.62. The highest BCUT2D eigenvalue weighted by molar-refractivity contribution is 7.98. The van der Waals surface area contributed by atoms with Gasteiger partial charge in [0.25, 0.3) is 5.91 Å². The van der Waals surface area contributed by atoms with Gasteiger partial charge in [0.15, 0.2) is 0 Å². The number of thioether (sulfide) groups is 1. The van der Waals surface area contributed by atoms with Crippen molar-refractivity contribution in [1.82, 2.24) is 10.5 Å². The summed E-state index contributed by atoms with van der Waals surface area (Å²) in [6, 6.07) is 14.1. The Bertz CT molecular complexity index is 920. The molecule has 1 heterocycles. The molecule has 0 radical (unpaired) electrons. The summed E-state index contributed by atoms with van der Waals surface area (Å²) in [5.41, 5.74) is 3.13. The average molecular weight is 384 g/mol. The van der Waals surface area contributed by atoms with E-state index in [9.17, 15) is 9.18 Å². The molecule has 0 bridgehead atoms. The zero-order valence-corrected chi connectivity index (χ0v) is 16.1. The second-order valence-electron chi connectivity index (χ2n) is 6.18. The lowest BCUT2D eigenvalue weighted by Gasteiger charge is -2.10. The van der Waals surface area contributed by atoms with Crippen LogP contribution < -0.4 is 5.32 Å². The third kappa shape index (κ3) is 4.77. The summed E-state index contributed by atoms with van der Waals surface area (Å²) in [6.45, 7) is 4.17. The molecule has 1 amide bonds. The number of halogens is 1. The van der Waals surface area contributed by atoms with Crippen LogP contribution in [0.25, 0.3) is 0 Å². The zero-order chi connectivity index (χ0) is 19.2. The van der Waals surface area contributed by atoms with Crippen molar-refractivity contribution >= 4 is 17.7 Å². The Morgan fingerprint density at radius 1 is 1.15 bits per heavy atom. The number of hydrogen-bond acceptors (Lipinski definition) is 4. The average Bonchev–Trinajstić information content (AvgIpc) is 2.99. The SMILES string of the molecule is Cc1noc(C)c1CSc1ccccc1C(=O)NCCc1ccccc1F. The van der Waals surface area contributed by atoms with Crippen LogP contribution in [-0.2, 0) is 12.2 Å². The van der Waals surface area contributed by atoms with E-state index in [-0.39, 0.29) is 11.7 Å². The molecule has 140 valence electrons. The number of rotatable bonds is 7. The van der Waals surface area contributed by atoms with Gasteiger partial charge in [-0.3, -0.25) is 4.79 Å². The minimum atomic E-state index is -0.248. The van der Waals surface area contributed by atoms with E-state index in [0.29, 0.717) is 29.8 Å². The van der Waals surface area contributed by atoms with Crippen LogP contribution in [0, 0.1) is 19.7 Å². The van der Waals surface area contributed by atoms with Gasteiger partial charge in [0.1, 0.15) is 11.6 Å². The van der Waals surface area contributed by atoms with Crippen LogP contribution in [0.1, 0.15) is 32.9 Å². The van der Waals surface area contributed by atoms with Crippen molar-refractivity contribution in [1.29, 1.82) is 0 Å². The molecule has 4 nitrogen and oxygen atoms in total. The first-order valence-corrected chi connectivity index (χ1v) is 9.70.